The maximum Gasteiger partial charge on any atom is 0.306 e. The number of carbonyl (C=O) groups excluding carboxylic acids is 3. The van der Waals surface area contributed by atoms with E-state index in [2.05, 4.69) is 34.6 Å². The third kappa shape index (κ3) is 60.1. The summed E-state index contributed by atoms with van der Waals surface area (Å²) in [7, 11) is 0. The van der Waals surface area contributed by atoms with Crippen molar-refractivity contribution in [2.75, 3.05) is 13.2 Å². The van der Waals surface area contributed by atoms with E-state index in [9.17, 15) is 14.4 Å². The van der Waals surface area contributed by atoms with Gasteiger partial charge in [0.2, 0.25) is 0 Å². The van der Waals surface area contributed by atoms with Crippen LogP contribution in [0.5, 0.6) is 0 Å². The van der Waals surface area contributed by atoms with Gasteiger partial charge in [-0.2, -0.15) is 0 Å². The Kier molecular flexibility index (Phi) is 61.3. The highest BCUT2D eigenvalue weighted by Gasteiger charge is 2.20. The van der Waals surface area contributed by atoms with E-state index in [1.807, 2.05) is 0 Å². The van der Waals surface area contributed by atoms with E-state index >= 15 is 0 Å². The Morgan fingerprint density at radius 1 is 0.263 bits per heavy atom. The SMILES string of the molecule is CCCCCCCCCCCCCCCCC(=O)OC[C@@H](COC(=O)CCCCCCCCCCCCCCCCCCCCC(C)CC)OC(=O)CCCCCCCCCCCCCCCCCCCCC(C)CC. The molecule has 0 fully saturated rings. The van der Waals surface area contributed by atoms with Crippen LogP contribution in [0.25, 0.3) is 0 Å². The van der Waals surface area contributed by atoms with Gasteiger partial charge in [-0.25, -0.2) is 0 Å². The van der Waals surface area contributed by atoms with Crippen molar-refractivity contribution in [1.29, 1.82) is 0 Å². The Hall–Kier alpha value is -1.59. The Bertz CT molecular complexity index is 1170. The molecule has 3 atom stereocenters. The van der Waals surface area contributed by atoms with Gasteiger partial charge in [0.15, 0.2) is 6.10 Å². The second kappa shape index (κ2) is 62.6. The van der Waals surface area contributed by atoms with Gasteiger partial charge in [-0.05, 0) is 31.1 Å². The van der Waals surface area contributed by atoms with Crippen LogP contribution in [-0.4, -0.2) is 37.2 Å². The first-order chi connectivity index (χ1) is 37.3. The van der Waals surface area contributed by atoms with Crippen LogP contribution in [0.15, 0.2) is 0 Å². The van der Waals surface area contributed by atoms with E-state index in [1.54, 1.807) is 0 Å². The van der Waals surface area contributed by atoms with Crippen molar-refractivity contribution in [3.8, 4) is 0 Å². The molecule has 76 heavy (non-hydrogen) atoms. The number of esters is 3. The zero-order chi connectivity index (χ0) is 55.3. The van der Waals surface area contributed by atoms with Gasteiger partial charge in [0, 0.05) is 19.3 Å². The number of hydrogen-bond acceptors (Lipinski definition) is 6. The molecular formula is C70H136O6. The summed E-state index contributed by atoms with van der Waals surface area (Å²) in [6, 6.07) is 0. The van der Waals surface area contributed by atoms with Crippen molar-refractivity contribution < 1.29 is 28.6 Å². The smallest absolute Gasteiger partial charge is 0.306 e. The molecule has 0 rings (SSSR count). The molecule has 0 aromatic rings. The van der Waals surface area contributed by atoms with Crippen molar-refractivity contribution >= 4 is 17.9 Å². The Balaban J connectivity index is 4.24. The number of hydrogen-bond donors (Lipinski definition) is 0. The zero-order valence-electron chi connectivity index (χ0n) is 52.4. The normalized spacial score (nSPS) is 12.8. The van der Waals surface area contributed by atoms with Gasteiger partial charge in [-0.15, -0.1) is 0 Å². The summed E-state index contributed by atoms with van der Waals surface area (Å²) in [5, 5.41) is 0. The lowest BCUT2D eigenvalue weighted by Crippen LogP contribution is -2.30. The molecule has 6 nitrogen and oxygen atoms in total. The Morgan fingerprint density at radius 3 is 0.684 bits per heavy atom. The fourth-order valence-corrected chi connectivity index (χ4v) is 10.9. The van der Waals surface area contributed by atoms with Crippen LogP contribution in [0, 0.1) is 11.8 Å². The van der Waals surface area contributed by atoms with Crippen LogP contribution in [0.2, 0.25) is 0 Å². The number of carbonyl (C=O) groups is 3. The largest absolute Gasteiger partial charge is 0.462 e. The summed E-state index contributed by atoms with van der Waals surface area (Å²) >= 11 is 0. The molecule has 0 aromatic heterocycles. The maximum absolute atomic E-state index is 12.9. The van der Waals surface area contributed by atoms with Crippen LogP contribution >= 0.6 is 0 Å². The van der Waals surface area contributed by atoms with E-state index in [4.69, 9.17) is 14.2 Å². The molecule has 452 valence electrons. The predicted molar refractivity (Wildman–Crippen MR) is 330 cm³/mol. The second-order valence-corrected chi connectivity index (χ2v) is 24.7. The average molecular weight is 1070 g/mol. The second-order valence-electron chi connectivity index (χ2n) is 24.7. The Morgan fingerprint density at radius 2 is 0.461 bits per heavy atom. The van der Waals surface area contributed by atoms with E-state index in [0.717, 1.165) is 69.6 Å². The summed E-state index contributed by atoms with van der Waals surface area (Å²) in [5.41, 5.74) is 0. The fraction of sp³-hybridized carbons (Fsp3) is 0.957. The molecule has 0 saturated heterocycles. The molecule has 0 radical (unpaired) electrons. The highest BCUT2D eigenvalue weighted by molar-refractivity contribution is 5.71. The van der Waals surface area contributed by atoms with E-state index in [1.165, 1.54) is 289 Å². The Labute approximate surface area is 476 Å². The third-order valence-electron chi connectivity index (χ3n) is 16.9. The van der Waals surface area contributed by atoms with Gasteiger partial charge in [0.05, 0.1) is 0 Å². The topological polar surface area (TPSA) is 78.9 Å². The quantitative estimate of drug-likeness (QED) is 0.0343. The van der Waals surface area contributed by atoms with Crippen molar-refractivity contribution in [3.05, 3.63) is 0 Å². The summed E-state index contributed by atoms with van der Waals surface area (Å²) in [6.45, 7) is 11.6. The molecule has 0 saturated carbocycles. The van der Waals surface area contributed by atoms with Crippen molar-refractivity contribution in [2.24, 2.45) is 11.8 Å². The molecule has 0 heterocycles. The van der Waals surface area contributed by atoms with Crippen LogP contribution in [-0.2, 0) is 28.6 Å². The van der Waals surface area contributed by atoms with Gasteiger partial charge < -0.3 is 14.2 Å². The zero-order valence-corrected chi connectivity index (χ0v) is 52.4. The molecule has 0 aliphatic heterocycles. The number of rotatable bonds is 64. The van der Waals surface area contributed by atoms with Gasteiger partial charge in [-0.3, -0.25) is 14.4 Å². The highest BCUT2D eigenvalue weighted by Crippen LogP contribution is 2.20. The van der Waals surface area contributed by atoms with Gasteiger partial charge >= 0.3 is 17.9 Å². The molecule has 0 spiro atoms. The van der Waals surface area contributed by atoms with Crippen molar-refractivity contribution in [3.63, 3.8) is 0 Å². The average Bonchev–Trinajstić information content (AvgIpc) is 3.42. The minimum absolute atomic E-state index is 0.0612. The monoisotopic (exact) mass is 1070 g/mol. The molecule has 0 aliphatic carbocycles. The highest BCUT2D eigenvalue weighted by atomic mass is 16.6. The predicted octanol–water partition coefficient (Wildman–Crippen LogP) is 23.6. The summed E-state index contributed by atoms with van der Waals surface area (Å²) < 4.78 is 17.0. The summed E-state index contributed by atoms with van der Waals surface area (Å²) in [6.07, 6.45) is 71.0. The van der Waals surface area contributed by atoms with Crippen molar-refractivity contribution in [2.45, 2.75) is 407 Å². The van der Waals surface area contributed by atoms with Gasteiger partial charge in [0.25, 0.3) is 0 Å². The summed E-state index contributed by atoms with van der Waals surface area (Å²) in [5.74, 6) is 0.994. The van der Waals surface area contributed by atoms with Crippen LogP contribution in [0.4, 0.5) is 0 Å². The molecule has 6 heteroatoms. The lowest BCUT2D eigenvalue weighted by atomic mass is 9.99. The van der Waals surface area contributed by atoms with Gasteiger partial charge in [0.1, 0.15) is 13.2 Å². The first-order valence-electron chi connectivity index (χ1n) is 34.8. The third-order valence-corrected chi connectivity index (χ3v) is 16.9. The van der Waals surface area contributed by atoms with Crippen LogP contribution < -0.4 is 0 Å². The number of ether oxygens (including phenoxy) is 3. The van der Waals surface area contributed by atoms with E-state index in [0.29, 0.717) is 19.3 Å². The molecule has 0 amide bonds. The van der Waals surface area contributed by atoms with E-state index in [-0.39, 0.29) is 31.1 Å². The van der Waals surface area contributed by atoms with Crippen LogP contribution in [0.1, 0.15) is 401 Å². The lowest BCUT2D eigenvalue weighted by Gasteiger charge is -2.18. The molecule has 0 bridgehead atoms. The first kappa shape index (κ1) is 74.4. The molecule has 0 aromatic carbocycles. The van der Waals surface area contributed by atoms with Crippen LogP contribution in [0.3, 0.4) is 0 Å². The first-order valence-corrected chi connectivity index (χ1v) is 34.8. The molecular weight excluding hydrogens is 937 g/mol. The molecule has 0 aliphatic rings. The van der Waals surface area contributed by atoms with E-state index < -0.39 is 6.10 Å². The standard InChI is InChI=1S/C70H136O6/c1-6-9-10-11-12-13-14-15-30-35-40-45-50-55-60-68(71)74-63-67(76-70(73)62-57-52-47-42-37-32-27-23-19-17-21-25-29-34-39-44-49-54-59-66(5)8-3)64-75-69(72)61-56-51-46-41-36-31-26-22-18-16-20-24-28-33-38-43-48-53-58-65(4)7-2/h65-67H,6-64H2,1-5H3/t65?,66?,67-/m0/s1. The van der Waals surface area contributed by atoms with Gasteiger partial charge in [-0.1, -0.05) is 362 Å². The fourth-order valence-electron chi connectivity index (χ4n) is 10.9. The maximum atomic E-state index is 12.9. The van der Waals surface area contributed by atoms with Crippen molar-refractivity contribution in [1.82, 2.24) is 0 Å². The summed E-state index contributed by atoms with van der Waals surface area (Å²) in [4.78, 5) is 38.4. The lowest BCUT2D eigenvalue weighted by molar-refractivity contribution is -0.167. The number of unbranched alkanes of at least 4 members (excludes halogenated alkanes) is 47. The molecule has 0 N–H and O–H groups in total. The minimum atomic E-state index is -0.764. The minimum Gasteiger partial charge on any atom is -0.462 e. The molecule has 2 unspecified atom stereocenters.